The number of phenols is 8. The number of aliphatic hydroxyl groups is 8. The number of hydrogen-bond acceptors (Lipinski definition) is 38. The van der Waals surface area contributed by atoms with Crippen LogP contribution in [-0.2, 0) is 79.2 Å². The van der Waals surface area contributed by atoms with E-state index < -0.39 is 268 Å². The van der Waals surface area contributed by atoms with Crippen molar-refractivity contribution in [2.45, 2.75) is 367 Å². The zero-order chi connectivity index (χ0) is 100. The van der Waals surface area contributed by atoms with Gasteiger partial charge in [-0.1, -0.05) is 27.0 Å². The Bertz CT molecular complexity index is 6340. The first kappa shape index (κ1) is 96.0. The summed E-state index contributed by atoms with van der Waals surface area (Å²) in [5, 5.41) is 178. The van der Waals surface area contributed by atoms with E-state index in [0.29, 0.717) is 86.9 Å². The SMILES string of the molecule is C=C1C[C@@H]2O[C@@H](C)c3c(O)c4c(c(O)c3[C@@H]2O1)C(=O)C1=C(C4=O)C2(O)C(C)OC1CC2O[C@H]1CC[C@H](O)[C@H](C)O1.C=C1C[C@@H]2O[C@@H](C)c3c(O)c4c(c(O)c3[C@@H]2O1)C(=O)C1=C(C4=O)C2(O)C(O)CC1OC2C.CC[C@H]1Cc2c(O)c3c(c(O)c2[C@H](C)O1)C(=O)C1=C(C3=O)C2CC(O)C1(O)C(C)O2.CC[C@H]1Cc2c(O)c3c(c(O)c2[C@H](C)O1)C(=O)C1=C(C3=O)C2CC(O[C@H]3CC[C@H](O)[C@H](C)O3)C1(O)C(C)O2. The number of Topliss-reactive ketones (excluding diaryl/α,β-unsaturated/α-hetero) is 8. The maximum Gasteiger partial charge on any atom is 0.197 e. The molecule has 140 heavy (non-hydrogen) atoms. The molecule has 8 bridgehead atoms. The fourth-order valence-electron chi connectivity index (χ4n) is 25.9. The third-order valence-corrected chi connectivity index (χ3v) is 33.1. The first-order valence-corrected chi connectivity index (χ1v) is 48.1. The van der Waals surface area contributed by atoms with E-state index >= 15 is 0 Å². The fourth-order valence-corrected chi connectivity index (χ4v) is 25.9. The molecule has 28 rings (SSSR count). The lowest BCUT2D eigenvalue weighted by atomic mass is 9.63. The number of carbonyl (C=O) groups excluding carboxylic acids is 8. The quantitative estimate of drug-likeness (QED) is 0.0820. The van der Waals surface area contributed by atoms with E-state index in [4.69, 9.17) is 66.3 Å². The number of carbonyl (C=O) groups is 8. The van der Waals surface area contributed by atoms with Gasteiger partial charge in [0.05, 0.1) is 190 Å². The van der Waals surface area contributed by atoms with Gasteiger partial charge in [0.15, 0.2) is 71.1 Å². The summed E-state index contributed by atoms with van der Waals surface area (Å²) in [6, 6.07) is 0. The van der Waals surface area contributed by atoms with Gasteiger partial charge in [-0.05, 0) is 94.9 Å². The summed E-state index contributed by atoms with van der Waals surface area (Å²) in [6.07, 6.45) is -16.3. The zero-order valence-corrected chi connectivity index (χ0v) is 78.6. The predicted octanol–water partition coefficient (Wildman–Crippen LogP) is 7.74. The number of ketones is 8. The van der Waals surface area contributed by atoms with Crippen LogP contribution in [0.25, 0.3) is 0 Å². The van der Waals surface area contributed by atoms with Crippen LogP contribution in [0.1, 0.15) is 324 Å². The van der Waals surface area contributed by atoms with E-state index in [-0.39, 0.29) is 166 Å². The second-order valence-corrected chi connectivity index (χ2v) is 40.7. The van der Waals surface area contributed by atoms with Gasteiger partial charge >= 0.3 is 0 Å². The van der Waals surface area contributed by atoms with Crippen LogP contribution in [0.3, 0.4) is 0 Å². The van der Waals surface area contributed by atoms with E-state index in [2.05, 4.69) is 13.2 Å². The molecule has 16 unspecified atom stereocenters. The molecule has 38 nitrogen and oxygen atoms in total. The van der Waals surface area contributed by atoms with Gasteiger partial charge in [-0.15, -0.1) is 0 Å². The summed E-state index contributed by atoms with van der Waals surface area (Å²) >= 11 is 0. The van der Waals surface area contributed by atoms with Gasteiger partial charge in [0.25, 0.3) is 0 Å². The lowest BCUT2D eigenvalue weighted by molar-refractivity contribution is -0.291. The van der Waals surface area contributed by atoms with Crippen molar-refractivity contribution >= 4 is 46.3 Å². The number of hydrogen-bond donors (Lipinski definition) is 16. The van der Waals surface area contributed by atoms with Crippen molar-refractivity contribution in [3.63, 3.8) is 0 Å². The fraction of sp³-hybridized carbons (Fsp3) is 0.569. The second kappa shape index (κ2) is 33.2. The molecule has 32 atom stereocenters. The molecule has 0 aromatic heterocycles. The van der Waals surface area contributed by atoms with Crippen molar-refractivity contribution in [1.82, 2.24) is 0 Å². The van der Waals surface area contributed by atoms with Crippen LogP contribution in [0, 0.1) is 0 Å². The maximum absolute atomic E-state index is 14.2. The minimum Gasteiger partial charge on any atom is -0.507 e. The van der Waals surface area contributed by atoms with Crippen molar-refractivity contribution < 1.29 is 186 Å². The number of ether oxygens (including phenoxy) is 14. The number of aliphatic hydroxyl groups excluding tert-OH is 4. The van der Waals surface area contributed by atoms with Crippen molar-refractivity contribution in [1.29, 1.82) is 0 Å². The topological polar surface area (TPSA) is 589 Å². The third-order valence-electron chi connectivity index (χ3n) is 33.1. The van der Waals surface area contributed by atoms with Crippen LogP contribution in [0.15, 0.2) is 69.3 Å². The third kappa shape index (κ3) is 13.1. The average molecular weight is 1950 g/mol. The Morgan fingerprint density at radius 3 is 0.900 bits per heavy atom. The zero-order valence-electron chi connectivity index (χ0n) is 78.6. The summed E-state index contributed by atoms with van der Waals surface area (Å²) < 4.78 is 82.6. The standard InChI is InChI=1S/C29H32O11.C28H34O10.C23H22O9.C22H24O8/c1-9-7-15-28(36-9)22-18(11(3)37-15)24(31)21-20(26(22)33)25(32)19-14-8-16(40-17-6-5-13(30)10(2)38-17)29(35,12(4)39-14)23(19)27(21)34;1-5-13-8-14-19(11(3)35-13)25(31)22-21(24(14)30)26(32)20-16-9-17(38-18-7-6-15(29)10(2)36-18)28(34,12(4)37-16)23(20)27(22)33;1-6-4-10-22(30-6)16-12(7(2)31-10)18(25)15-14(20(16)27)19(26)13-9-5-11(24)23(29,8(3)32-9)17(13)21(15)28;1-4-9-5-10-13(7(2)29-9)19(25)16-15(18(10)24)20(26)14-11-6-12(23)22(28,8(3)30-11)17(14)21(16)27/h10-17,28,30-31,33,35H,1,5-8H2,2-4H3;10-13,15-18,29-31,34H,5-9H2,1-4H3;7-11,22,24-25,27,29H,1,4-5H2,2-3H3;7-9,11-12,23-25,28H,4-6H2,1-3H3/t10-,11-,12?,13-,14?,15-,16?,17-,28+,29?;10-,11-,12?,13-,15-,16?,17?,18-,28?;7-,8?,9?,10-,11?,22+,23?;7-,8?,9-,11?,12?,22?/m0000/s1. The van der Waals surface area contributed by atoms with E-state index in [1.165, 1.54) is 13.8 Å². The first-order valence-electron chi connectivity index (χ1n) is 48.1. The Morgan fingerprint density at radius 2 is 0.593 bits per heavy atom. The van der Waals surface area contributed by atoms with Gasteiger partial charge in [0, 0.05) is 153 Å². The monoisotopic (exact) mass is 1940 g/mol. The van der Waals surface area contributed by atoms with Gasteiger partial charge in [-0.25, -0.2) is 0 Å². The highest BCUT2D eigenvalue weighted by Gasteiger charge is 2.70. The highest BCUT2D eigenvalue weighted by Crippen LogP contribution is 2.64. The number of aromatic hydroxyl groups is 8. The van der Waals surface area contributed by atoms with Gasteiger partial charge in [0.1, 0.15) is 80.6 Å². The smallest absolute Gasteiger partial charge is 0.197 e. The molecule has 8 fully saturated rings. The molecule has 0 amide bonds. The van der Waals surface area contributed by atoms with Crippen molar-refractivity contribution in [3.05, 3.63) is 158 Å². The van der Waals surface area contributed by atoms with E-state index in [9.17, 15) is 120 Å². The van der Waals surface area contributed by atoms with E-state index in [1.807, 2.05) is 13.8 Å². The molecule has 38 heteroatoms. The molecule has 24 aliphatic rings. The number of rotatable bonds is 6. The van der Waals surface area contributed by atoms with E-state index in [0.717, 1.165) is 0 Å². The van der Waals surface area contributed by atoms with Crippen molar-refractivity contribution in [2.24, 2.45) is 0 Å². The molecule has 748 valence electrons. The highest BCUT2D eigenvalue weighted by molar-refractivity contribution is 6.34. The molecule has 8 aliphatic carbocycles. The van der Waals surface area contributed by atoms with Crippen LogP contribution in [0.4, 0.5) is 0 Å². The van der Waals surface area contributed by atoms with Crippen LogP contribution in [0.5, 0.6) is 46.0 Å². The van der Waals surface area contributed by atoms with Crippen molar-refractivity contribution in [2.75, 3.05) is 0 Å². The summed E-state index contributed by atoms with van der Waals surface area (Å²) in [5.74, 6) is -8.34. The van der Waals surface area contributed by atoms with Gasteiger partial charge in [0.2, 0.25) is 0 Å². The lowest BCUT2D eigenvalue weighted by Gasteiger charge is -2.54. The molecule has 16 heterocycles. The lowest BCUT2D eigenvalue weighted by Crippen LogP contribution is -2.67. The molecular formula is C102H112O38. The molecule has 4 aromatic rings. The molecular weight excluding hydrogens is 1830 g/mol. The van der Waals surface area contributed by atoms with Crippen molar-refractivity contribution in [3.8, 4) is 46.0 Å². The minimum atomic E-state index is -2.11. The minimum absolute atomic E-state index is 0.00176. The predicted molar refractivity (Wildman–Crippen MR) is 475 cm³/mol. The number of fused-ring (bicyclic) bond motifs is 20. The first-order chi connectivity index (χ1) is 66.1. The van der Waals surface area contributed by atoms with Crippen LogP contribution >= 0.6 is 0 Å². The van der Waals surface area contributed by atoms with Crippen LogP contribution in [0.2, 0.25) is 0 Å². The Morgan fingerprint density at radius 1 is 0.321 bits per heavy atom. The summed E-state index contributed by atoms with van der Waals surface area (Å²) in [6.45, 7) is 28.0. The number of phenolic OH excluding ortho intramolecular Hbond substituents is 8. The second-order valence-electron chi connectivity index (χ2n) is 40.7. The van der Waals surface area contributed by atoms with Gasteiger partial charge < -0.3 is 148 Å². The molecule has 8 saturated heterocycles. The van der Waals surface area contributed by atoms with Crippen LogP contribution in [-0.4, -0.2) is 285 Å². The molecule has 0 saturated carbocycles. The van der Waals surface area contributed by atoms with E-state index in [1.54, 1.807) is 55.4 Å². The Balaban J connectivity index is 0.000000112. The molecule has 16 N–H and O–H groups in total. The Hall–Kier alpha value is -10.1. The van der Waals surface area contributed by atoms with Gasteiger partial charge in [-0.3, -0.25) is 38.4 Å². The molecule has 4 aromatic carbocycles. The number of benzene rings is 4. The highest BCUT2D eigenvalue weighted by atomic mass is 16.7. The normalized spacial score (nSPS) is 39.8. The Kier molecular flexibility index (Phi) is 22.8. The Labute approximate surface area is 799 Å². The summed E-state index contributed by atoms with van der Waals surface area (Å²) in [7, 11) is 0. The summed E-state index contributed by atoms with van der Waals surface area (Å²) in [4.78, 5) is 110. The molecule has 0 radical (unpaired) electrons. The average Bonchev–Trinajstić information content (AvgIpc) is 0.818. The molecule has 16 aliphatic heterocycles. The van der Waals surface area contributed by atoms with Gasteiger partial charge in [-0.2, -0.15) is 0 Å². The van der Waals surface area contributed by atoms with Crippen LogP contribution < -0.4 is 0 Å². The summed E-state index contributed by atoms with van der Waals surface area (Å²) in [5.41, 5.74) is -9.86. The largest absolute Gasteiger partial charge is 0.507 e. The maximum atomic E-state index is 14.2. The molecule has 0 spiro atoms.